The van der Waals surface area contributed by atoms with E-state index in [1.54, 1.807) is 0 Å². The zero-order valence-corrected chi connectivity index (χ0v) is 8.14. The molecule has 0 aromatic carbocycles. The summed E-state index contributed by atoms with van der Waals surface area (Å²) in [5, 5.41) is 0. The molecule has 0 heterocycles. The molecule has 1 heteroatoms. The molecule has 0 spiro atoms. The fourth-order valence-electron chi connectivity index (χ4n) is 0.612. The molecule has 0 aliphatic heterocycles. The first-order chi connectivity index (χ1) is 3.98. The normalized spacial score (nSPS) is 15.7. The molecule has 0 saturated carbocycles. The van der Waals surface area contributed by atoms with E-state index in [0.717, 1.165) is 0 Å². The average molecular weight is 147 g/mol. The molecular weight excluding hydrogens is 128 g/mol. The van der Waals surface area contributed by atoms with Crippen LogP contribution in [0.15, 0.2) is 0 Å². The van der Waals surface area contributed by atoms with Gasteiger partial charge < -0.3 is 0 Å². The molecular formula is C8H19S+. The summed E-state index contributed by atoms with van der Waals surface area (Å²) in [7, 11) is 0.613. The Morgan fingerprint density at radius 1 is 1.22 bits per heavy atom. The highest BCUT2D eigenvalue weighted by atomic mass is 32.2. The number of hydrogen-bond acceptors (Lipinski definition) is 0. The van der Waals surface area contributed by atoms with Gasteiger partial charge >= 0.3 is 0 Å². The Morgan fingerprint density at radius 3 is 1.78 bits per heavy atom. The Labute approximate surface area is 62.4 Å². The molecule has 1 unspecified atom stereocenters. The summed E-state index contributed by atoms with van der Waals surface area (Å²) in [5.41, 5.74) is 0. The Balaban J connectivity index is 3.59. The van der Waals surface area contributed by atoms with Crippen LogP contribution in [0, 0.1) is 0 Å². The van der Waals surface area contributed by atoms with Gasteiger partial charge in [0.05, 0.1) is 6.26 Å². The van der Waals surface area contributed by atoms with Crippen LogP contribution in [0.1, 0.15) is 34.1 Å². The van der Waals surface area contributed by atoms with Gasteiger partial charge in [-0.1, -0.05) is 6.92 Å². The highest BCUT2D eigenvalue weighted by Gasteiger charge is 2.27. The Bertz CT molecular complexity index is 71.1. The maximum Gasteiger partial charge on any atom is 0.119 e. The van der Waals surface area contributed by atoms with Gasteiger partial charge in [-0.25, -0.2) is 0 Å². The first kappa shape index (κ1) is 9.35. The van der Waals surface area contributed by atoms with Crippen LogP contribution in [0.25, 0.3) is 0 Å². The van der Waals surface area contributed by atoms with E-state index >= 15 is 0 Å². The van der Waals surface area contributed by atoms with Crippen molar-refractivity contribution < 1.29 is 0 Å². The van der Waals surface area contributed by atoms with Crippen molar-refractivity contribution in [3.8, 4) is 0 Å². The lowest BCUT2D eigenvalue weighted by molar-refractivity contribution is 0.789. The molecule has 0 bridgehead atoms. The third kappa shape index (κ3) is 3.85. The summed E-state index contributed by atoms with van der Waals surface area (Å²) in [6, 6.07) is 0. The van der Waals surface area contributed by atoms with E-state index in [1.807, 2.05) is 0 Å². The molecule has 0 saturated heterocycles. The molecule has 0 aromatic heterocycles. The van der Waals surface area contributed by atoms with Gasteiger partial charge in [0.15, 0.2) is 0 Å². The van der Waals surface area contributed by atoms with Crippen molar-refractivity contribution >= 4 is 10.9 Å². The van der Waals surface area contributed by atoms with Crippen LogP contribution in [0.2, 0.25) is 0 Å². The van der Waals surface area contributed by atoms with Crippen molar-refractivity contribution in [1.29, 1.82) is 0 Å². The lowest BCUT2D eigenvalue weighted by Crippen LogP contribution is -2.29. The van der Waals surface area contributed by atoms with Gasteiger partial charge in [0.2, 0.25) is 0 Å². The maximum atomic E-state index is 2.36. The van der Waals surface area contributed by atoms with Gasteiger partial charge in [-0.3, -0.25) is 0 Å². The highest BCUT2D eigenvalue weighted by Crippen LogP contribution is 2.16. The summed E-state index contributed by atoms with van der Waals surface area (Å²) in [5.74, 6) is 1.39. The number of hydrogen-bond donors (Lipinski definition) is 0. The molecule has 0 aliphatic carbocycles. The second-order valence-electron chi connectivity index (χ2n) is 3.45. The van der Waals surface area contributed by atoms with E-state index in [9.17, 15) is 0 Å². The third-order valence-electron chi connectivity index (χ3n) is 1.56. The van der Waals surface area contributed by atoms with Crippen LogP contribution in [0.4, 0.5) is 0 Å². The van der Waals surface area contributed by atoms with Gasteiger partial charge in [-0.15, -0.1) is 0 Å². The van der Waals surface area contributed by atoms with Crippen molar-refractivity contribution in [3.63, 3.8) is 0 Å². The Kier molecular flexibility index (Phi) is 3.64. The van der Waals surface area contributed by atoms with E-state index in [-0.39, 0.29) is 0 Å². The zero-order valence-electron chi connectivity index (χ0n) is 7.32. The second kappa shape index (κ2) is 3.50. The molecule has 0 fully saturated rings. The standard InChI is InChI=1S/C8H19S/c1-6-7-9(5)8(2,3)4/h6-7H2,1-5H3/q+1. The fourth-order valence-corrected chi connectivity index (χ4v) is 1.84. The molecule has 0 N–H and O–H groups in total. The second-order valence-corrected chi connectivity index (χ2v) is 6.36. The monoisotopic (exact) mass is 147 g/mol. The predicted molar refractivity (Wildman–Crippen MR) is 48.2 cm³/mol. The van der Waals surface area contributed by atoms with E-state index in [0.29, 0.717) is 15.6 Å². The largest absolute Gasteiger partial charge is 0.119 e. The van der Waals surface area contributed by atoms with Crippen molar-refractivity contribution in [3.05, 3.63) is 0 Å². The van der Waals surface area contributed by atoms with Crippen LogP contribution < -0.4 is 0 Å². The van der Waals surface area contributed by atoms with E-state index in [1.165, 1.54) is 12.2 Å². The predicted octanol–water partition coefficient (Wildman–Crippen LogP) is 2.44. The fraction of sp³-hybridized carbons (Fsp3) is 1.00. The minimum atomic E-state index is 0.538. The minimum absolute atomic E-state index is 0.538. The van der Waals surface area contributed by atoms with Crippen molar-refractivity contribution in [2.24, 2.45) is 0 Å². The van der Waals surface area contributed by atoms with Crippen LogP contribution in [0.5, 0.6) is 0 Å². The van der Waals surface area contributed by atoms with Crippen LogP contribution in [-0.2, 0) is 10.9 Å². The third-order valence-corrected chi connectivity index (χ3v) is 4.67. The molecule has 9 heavy (non-hydrogen) atoms. The van der Waals surface area contributed by atoms with Crippen molar-refractivity contribution in [2.45, 2.75) is 38.9 Å². The zero-order chi connectivity index (χ0) is 7.49. The van der Waals surface area contributed by atoms with E-state index in [4.69, 9.17) is 0 Å². The molecule has 0 nitrogen and oxygen atoms in total. The van der Waals surface area contributed by atoms with Crippen LogP contribution in [-0.4, -0.2) is 16.8 Å². The van der Waals surface area contributed by atoms with Crippen LogP contribution in [0.3, 0.4) is 0 Å². The van der Waals surface area contributed by atoms with Crippen molar-refractivity contribution in [1.82, 2.24) is 0 Å². The van der Waals surface area contributed by atoms with Gasteiger partial charge in [0.1, 0.15) is 10.5 Å². The van der Waals surface area contributed by atoms with Gasteiger partial charge in [-0.2, -0.15) is 0 Å². The molecule has 56 valence electrons. The highest BCUT2D eigenvalue weighted by molar-refractivity contribution is 7.97. The molecule has 0 rings (SSSR count). The quantitative estimate of drug-likeness (QED) is 0.526. The summed E-state index contributed by atoms with van der Waals surface area (Å²) in [4.78, 5) is 0. The van der Waals surface area contributed by atoms with Gasteiger partial charge in [0.25, 0.3) is 0 Å². The maximum absolute atomic E-state index is 2.36. The summed E-state index contributed by atoms with van der Waals surface area (Å²) >= 11 is 0. The lowest BCUT2D eigenvalue weighted by atomic mass is 10.3. The average Bonchev–Trinajstić information content (AvgIpc) is 1.64. The van der Waals surface area contributed by atoms with Crippen LogP contribution >= 0.6 is 0 Å². The molecule has 0 aromatic rings. The first-order valence-corrected chi connectivity index (χ1v) is 5.41. The van der Waals surface area contributed by atoms with Crippen molar-refractivity contribution in [2.75, 3.05) is 12.0 Å². The Hall–Kier alpha value is 0.350. The lowest BCUT2D eigenvalue weighted by Gasteiger charge is -2.17. The molecule has 1 atom stereocenters. The number of rotatable bonds is 2. The van der Waals surface area contributed by atoms with E-state index < -0.39 is 0 Å². The van der Waals surface area contributed by atoms with Gasteiger partial charge in [0, 0.05) is 0 Å². The van der Waals surface area contributed by atoms with E-state index in [2.05, 4.69) is 34.0 Å². The first-order valence-electron chi connectivity index (χ1n) is 3.61. The summed E-state index contributed by atoms with van der Waals surface area (Å²) < 4.78 is 0.538. The minimum Gasteiger partial charge on any atom is -0.0609 e. The molecule has 0 aliphatic rings. The SMILES string of the molecule is CCC[S+](C)C(C)(C)C. The molecule has 0 radical (unpaired) electrons. The molecule has 0 amide bonds. The van der Waals surface area contributed by atoms with Gasteiger partial charge in [-0.05, 0) is 38.1 Å². The smallest absolute Gasteiger partial charge is 0.0609 e. The summed E-state index contributed by atoms with van der Waals surface area (Å²) in [6.45, 7) is 9.23. The summed E-state index contributed by atoms with van der Waals surface area (Å²) in [6.07, 6.45) is 3.69. The Morgan fingerprint density at radius 2 is 1.67 bits per heavy atom. The topological polar surface area (TPSA) is 0 Å².